The summed E-state index contributed by atoms with van der Waals surface area (Å²) in [5, 5.41) is 8.03. The Labute approximate surface area is 230 Å². The van der Waals surface area contributed by atoms with E-state index in [1.165, 1.54) is 0 Å². The van der Waals surface area contributed by atoms with Gasteiger partial charge < -0.3 is 15.5 Å². The van der Waals surface area contributed by atoms with E-state index in [4.69, 9.17) is 17.2 Å². The predicted molar refractivity (Wildman–Crippen MR) is 157 cm³/mol. The first-order chi connectivity index (χ1) is 18.5. The largest absolute Gasteiger partial charge is 0.351 e. The van der Waals surface area contributed by atoms with Crippen molar-refractivity contribution in [3.05, 3.63) is 102 Å². The molecule has 2 atom stereocenters. The summed E-state index contributed by atoms with van der Waals surface area (Å²) in [7, 11) is 0. The Morgan fingerprint density at radius 2 is 1.95 bits per heavy atom. The van der Waals surface area contributed by atoms with E-state index in [1.54, 1.807) is 11.3 Å². The summed E-state index contributed by atoms with van der Waals surface area (Å²) < 4.78 is 3.29. The molecule has 0 unspecified atom stereocenters. The first kappa shape index (κ1) is 24.3. The number of carbonyl (C=O) groups excluding carboxylic acids is 1. The zero-order valence-corrected chi connectivity index (χ0v) is 22.6. The van der Waals surface area contributed by atoms with Crippen molar-refractivity contribution in [1.29, 1.82) is 0 Å². The number of rotatable bonds is 6. The summed E-state index contributed by atoms with van der Waals surface area (Å²) in [5.74, 6) is -0.0130. The molecule has 0 radical (unpaired) electrons. The standard InChI is InChI=1S/C29H26N6OS2/c1-3-25(36)31-20-14-13-19(17-18(20)2)35-27(26(33-28(35)37)22-10-6-7-15-30-22)23-11-8-16-34(23)29-32-21-9-4-5-12-24(21)38-29/h4-17,26-27H,3H2,1-2H3,(H,31,36)(H,33,37)/t26-,27-/m1/s1. The maximum absolute atomic E-state index is 12.0. The smallest absolute Gasteiger partial charge is 0.224 e. The second-order valence-corrected chi connectivity index (χ2v) is 10.6. The Bertz CT molecular complexity index is 1610. The molecule has 4 heterocycles. The van der Waals surface area contributed by atoms with E-state index in [-0.39, 0.29) is 18.0 Å². The summed E-state index contributed by atoms with van der Waals surface area (Å²) >= 11 is 7.58. The minimum atomic E-state index is -0.185. The molecule has 0 saturated carbocycles. The highest BCUT2D eigenvalue weighted by molar-refractivity contribution is 7.80. The fourth-order valence-electron chi connectivity index (χ4n) is 4.88. The van der Waals surface area contributed by atoms with Crippen LogP contribution in [0.25, 0.3) is 15.3 Å². The minimum absolute atomic E-state index is 0.0130. The van der Waals surface area contributed by atoms with E-state index in [2.05, 4.69) is 49.5 Å². The van der Waals surface area contributed by atoms with Crippen LogP contribution in [0.2, 0.25) is 0 Å². The van der Waals surface area contributed by atoms with Gasteiger partial charge in [0.15, 0.2) is 10.2 Å². The van der Waals surface area contributed by atoms with Crippen molar-refractivity contribution in [2.24, 2.45) is 0 Å². The van der Waals surface area contributed by atoms with Crippen LogP contribution >= 0.6 is 23.6 Å². The molecule has 7 nitrogen and oxygen atoms in total. The van der Waals surface area contributed by atoms with Crippen molar-refractivity contribution in [2.45, 2.75) is 32.4 Å². The lowest BCUT2D eigenvalue weighted by atomic mass is 10.0. The van der Waals surface area contributed by atoms with Gasteiger partial charge in [-0.2, -0.15) is 0 Å². The number of hydrogen-bond acceptors (Lipinski definition) is 5. The number of nitrogens with zero attached hydrogens (tertiary/aromatic N) is 4. The first-order valence-corrected chi connectivity index (χ1v) is 13.7. The van der Waals surface area contributed by atoms with Gasteiger partial charge in [-0.15, -0.1) is 0 Å². The Kier molecular flexibility index (Phi) is 6.39. The van der Waals surface area contributed by atoms with Crippen LogP contribution in [0.4, 0.5) is 11.4 Å². The molecule has 1 fully saturated rings. The van der Waals surface area contributed by atoms with Crippen LogP contribution in [0.5, 0.6) is 0 Å². The van der Waals surface area contributed by atoms with Gasteiger partial charge in [-0.25, -0.2) is 4.98 Å². The van der Waals surface area contributed by atoms with Gasteiger partial charge in [-0.1, -0.05) is 36.5 Å². The third-order valence-electron chi connectivity index (χ3n) is 6.75. The zero-order chi connectivity index (χ0) is 26.2. The van der Waals surface area contributed by atoms with Gasteiger partial charge in [0, 0.05) is 30.2 Å². The lowest BCUT2D eigenvalue weighted by Gasteiger charge is -2.29. The van der Waals surface area contributed by atoms with E-state index in [0.29, 0.717) is 11.5 Å². The molecule has 38 heavy (non-hydrogen) atoms. The van der Waals surface area contributed by atoms with Crippen molar-refractivity contribution >= 4 is 56.2 Å². The second kappa shape index (κ2) is 10.00. The highest BCUT2D eigenvalue weighted by Crippen LogP contribution is 2.43. The Hall–Kier alpha value is -4.08. The quantitative estimate of drug-likeness (QED) is 0.247. The molecule has 1 aliphatic heterocycles. The van der Waals surface area contributed by atoms with Crippen LogP contribution < -0.4 is 15.5 Å². The average Bonchev–Trinajstić information content (AvgIpc) is 3.66. The number of para-hydroxylation sites is 1. The molecule has 3 aromatic heterocycles. The molecule has 190 valence electrons. The summed E-state index contributed by atoms with van der Waals surface area (Å²) in [6, 6.07) is 23.9. The predicted octanol–water partition coefficient (Wildman–Crippen LogP) is 6.32. The highest BCUT2D eigenvalue weighted by atomic mass is 32.1. The number of nitrogens with one attached hydrogen (secondary N) is 2. The number of thiazole rings is 1. The maximum atomic E-state index is 12.0. The number of aromatic nitrogens is 3. The van der Waals surface area contributed by atoms with Crippen LogP contribution in [-0.2, 0) is 4.79 Å². The normalized spacial score (nSPS) is 17.1. The monoisotopic (exact) mass is 538 g/mol. The SMILES string of the molecule is CCC(=O)Nc1ccc(N2C(=S)N[C@H](c3ccccn3)[C@H]2c2cccn2-c2nc3ccccc3s2)cc1C. The van der Waals surface area contributed by atoms with Crippen molar-refractivity contribution in [1.82, 2.24) is 19.9 Å². The zero-order valence-electron chi connectivity index (χ0n) is 21.0. The highest BCUT2D eigenvalue weighted by Gasteiger charge is 2.42. The van der Waals surface area contributed by atoms with Gasteiger partial charge in [0.2, 0.25) is 5.91 Å². The lowest BCUT2D eigenvalue weighted by molar-refractivity contribution is -0.115. The Morgan fingerprint density at radius 3 is 2.71 bits per heavy atom. The van der Waals surface area contributed by atoms with Crippen LogP contribution in [-0.4, -0.2) is 25.6 Å². The number of benzene rings is 2. The number of aryl methyl sites for hydroxylation is 1. The van der Waals surface area contributed by atoms with E-state index < -0.39 is 0 Å². The number of fused-ring (bicyclic) bond motifs is 1. The van der Waals surface area contributed by atoms with Crippen molar-refractivity contribution in [2.75, 3.05) is 10.2 Å². The van der Waals surface area contributed by atoms with Crippen LogP contribution in [0.1, 0.15) is 42.4 Å². The lowest BCUT2D eigenvalue weighted by Crippen LogP contribution is -2.30. The van der Waals surface area contributed by atoms with Crippen LogP contribution in [0.3, 0.4) is 0 Å². The van der Waals surface area contributed by atoms with Crippen LogP contribution in [0.15, 0.2) is 85.2 Å². The molecule has 1 aliphatic rings. The summed E-state index contributed by atoms with van der Waals surface area (Å²) in [6.07, 6.45) is 4.29. The topological polar surface area (TPSA) is 75.1 Å². The molecular formula is C29H26N6OS2. The molecule has 2 N–H and O–H groups in total. The second-order valence-electron chi connectivity index (χ2n) is 9.16. The van der Waals surface area contributed by atoms with Gasteiger partial charge >= 0.3 is 0 Å². The van der Waals surface area contributed by atoms with Crippen molar-refractivity contribution in [3.8, 4) is 5.13 Å². The molecule has 9 heteroatoms. The minimum Gasteiger partial charge on any atom is -0.351 e. The molecular weight excluding hydrogens is 512 g/mol. The first-order valence-electron chi connectivity index (χ1n) is 12.5. The van der Waals surface area contributed by atoms with Gasteiger partial charge in [0.25, 0.3) is 0 Å². The fraction of sp³-hybridized carbons (Fsp3) is 0.172. The van der Waals surface area contributed by atoms with E-state index in [0.717, 1.165) is 43.7 Å². The number of carbonyl (C=O) groups is 1. The molecule has 0 aliphatic carbocycles. The maximum Gasteiger partial charge on any atom is 0.224 e. The third-order valence-corrected chi connectivity index (χ3v) is 8.10. The molecule has 0 bridgehead atoms. The molecule has 5 aromatic rings. The molecule has 1 saturated heterocycles. The molecule has 2 aromatic carbocycles. The molecule has 1 amide bonds. The van der Waals surface area contributed by atoms with E-state index >= 15 is 0 Å². The number of thiocarbonyl (C=S) groups is 1. The van der Waals surface area contributed by atoms with Gasteiger partial charge in [0.1, 0.15) is 6.04 Å². The number of pyridine rings is 1. The van der Waals surface area contributed by atoms with E-state index in [9.17, 15) is 4.79 Å². The van der Waals surface area contributed by atoms with Crippen molar-refractivity contribution in [3.63, 3.8) is 0 Å². The molecule has 6 rings (SSSR count). The number of amides is 1. The average molecular weight is 539 g/mol. The number of hydrogen-bond donors (Lipinski definition) is 2. The third kappa shape index (κ3) is 4.33. The van der Waals surface area contributed by atoms with Gasteiger partial charge in [0.05, 0.1) is 27.6 Å². The van der Waals surface area contributed by atoms with Gasteiger partial charge in [-0.3, -0.25) is 14.3 Å². The molecule has 0 spiro atoms. The fourth-order valence-corrected chi connectivity index (χ4v) is 6.20. The van der Waals surface area contributed by atoms with Crippen molar-refractivity contribution < 1.29 is 4.79 Å². The van der Waals surface area contributed by atoms with E-state index in [1.807, 2.05) is 74.6 Å². The Balaban J connectivity index is 1.46. The summed E-state index contributed by atoms with van der Waals surface area (Å²) in [6.45, 7) is 3.84. The Morgan fingerprint density at radius 1 is 1.11 bits per heavy atom. The van der Waals surface area contributed by atoms with Gasteiger partial charge in [-0.05, 0) is 79.3 Å². The van der Waals surface area contributed by atoms with Crippen LogP contribution in [0, 0.1) is 6.92 Å². The summed E-state index contributed by atoms with van der Waals surface area (Å²) in [5.41, 5.74) is 5.64. The summed E-state index contributed by atoms with van der Waals surface area (Å²) in [4.78, 5) is 23.7. The number of anilines is 2.